The smallest absolute Gasteiger partial charge is 0.230 e. The molecule has 2 saturated carbocycles. The second-order valence-corrected chi connectivity index (χ2v) is 9.20. The molecule has 0 aliphatic heterocycles. The van der Waals surface area contributed by atoms with Crippen molar-refractivity contribution in [3.05, 3.63) is 30.1 Å². The van der Waals surface area contributed by atoms with Crippen molar-refractivity contribution in [2.75, 3.05) is 5.75 Å². The molecule has 148 valence electrons. The maximum Gasteiger partial charge on any atom is 0.230 e. The van der Waals surface area contributed by atoms with Crippen molar-refractivity contribution >= 4 is 41.1 Å². The van der Waals surface area contributed by atoms with E-state index in [1.165, 1.54) is 19.3 Å². The number of hydrogen-bond acceptors (Lipinski definition) is 4. The Morgan fingerprint density at radius 1 is 1.33 bits per heavy atom. The predicted octanol–water partition coefficient (Wildman–Crippen LogP) is 3.80. The number of carbonyl (C=O) groups excluding carboxylic acids is 1. The molecule has 3 unspecified atom stereocenters. The van der Waals surface area contributed by atoms with Crippen LogP contribution in [0.25, 0.3) is 11.0 Å². The fourth-order valence-electron chi connectivity index (χ4n) is 4.70. The molecule has 0 radical (unpaired) electrons. The first-order valence-electron chi connectivity index (χ1n) is 9.71. The lowest BCUT2D eigenvalue weighted by Gasteiger charge is -2.45. The van der Waals surface area contributed by atoms with E-state index in [4.69, 9.17) is 5.73 Å². The van der Waals surface area contributed by atoms with Gasteiger partial charge < -0.3 is 16.0 Å². The minimum absolute atomic E-state index is 0. The average Bonchev–Trinajstić information content (AvgIpc) is 3.05. The Bertz CT molecular complexity index is 735. The molecule has 2 aromatic rings. The first-order chi connectivity index (χ1) is 12.6. The van der Waals surface area contributed by atoms with E-state index < -0.39 is 0 Å². The Kier molecular flexibility index (Phi) is 6.71. The van der Waals surface area contributed by atoms with Gasteiger partial charge in [-0.1, -0.05) is 18.6 Å². The summed E-state index contributed by atoms with van der Waals surface area (Å²) in [6.07, 6.45) is 5.82. The fourth-order valence-corrected chi connectivity index (χ4v) is 5.45. The molecule has 0 spiro atoms. The number of para-hydroxylation sites is 2. The van der Waals surface area contributed by atoms with Crippen LogP contribution in [0.1, 0.15) is 50.1 Å². The van der Waals surface area contributed by atoms with Crippen LogP contribution in [0, 0.1) is 11.8 Å². The van der Waals surface area contributed by atoms with Crippen LogP contribution in [0.3, 0.4) is 0 Å². The first-order valence-corrected chi connectivity index (χ1v) is 10.8. The predicted molar refractivity (Wildman–Crippen MR) is 114 cm³/mol. The minimum Gasteiger partial charge on any atom is -0.352 e. The summed E-state index contributed by atoms with van der Waals surface area (Å²) in [5.41, 5.74) is 8.21. The van der Waals surface area contributed by atoms with Crippen molar-refractivity contribution in [3.8, 4) is 0 Å². The van der Waals surface area contributed by atoms with Crippen molar-refractivity contribution < 1.29 is 4.79 Å². The number of rotatable bonds is 5. The third-order valence-electron chi connectivity index (χ3n) is 5.96. The molecule has 5 nitrogen and oxygen atoms in total. The highest BCUT2D eigenvalue weighted by molar-refractivity contribution is 8.00. The van der Waals surface area contributed by atoms with E-state index in [9.17, 15) is 4.79 Å². The van der Waals surface area contributed by atoms with Gasteiger partial charge >= 0.3 is 0 Å². The van der Waals surface area contributed by atoms with Gasteiger partial charge in [0.15, 0.2) is 0 Å². The highest BCUT2D eigenvalue weighted by atomic mass is 35.5. The molecule has 1 aromatic carbocycles. The summed E-state index contributed by atoms with van der Waals surface area (Å²) >= 11 is 1.64. The molecule has 1 heterocycles. The zero-order valence-corrected chi connectivity index (χ0v) is 17.3. The zero-order valence-electron chi connectivity index (χ0n) is 15.7. The van der Waals surface area contributed by atoms with E-state index in [1.807, 2.05) is 24.3 Å². The van der Waals surface area contributed by atoms with Gasteiger partial charge in [-0.15, -0.1) is 24.2 Å². The summed E-state index contributed by atoms with van der Waals surface area (Å²) in [4.78, 5) is 20.5. The minimum atomic E-state index is 0. The summed E-state index contributed by atoms with van der Waals surface area (Å²) in [5, 5.41) is 3.49. The third kappa shape index (κ3) is 4.61. The molecular formula is C20H29ClN4OS. The summed E-state index contributed by atoms with van der Waals surface area (Å²) in [6, 6.07) is 8.68. The van der Waals surface area contributed by atoms with E-state index in [0.29, 0.717) is 29.7 Å². The van der Waals surface area contributed by atoms with Gasteiger partial charge in [-0.2, -0.15) is 0 Å². The fraction of sp³-hybridized carbons (Fsp3) is 0.600. The monoisotopic (exact) mass is 408 g/mol. The van der Waals surface area contributed by atoms with Gasteiger partial charge in [0.05, 0.1) is 22.0 Å². The molecular weight excluding hydrogens is 380 g/mol. The number of H-pyrrole nitrogens is 1. The Hall–Kier alpha value is -1.24. The van der Waals surface area contributed by atoms with Crippen molar-refractivity contribution in [1.82, 2.24) is 15.3 Å². The Balaban J connectivity index is 0.00000210. The number of nitrogens with one attached hydrogen (secondary N) is 2. The zero-order chi connectivity index (χ0) is 18.1. The molecule has 2 bridgehead atoms. The summed E-state index contributed by atoms with van der Waals surface area (Å²) in [6.45, 7) is 2.10. The van der Waals surface area contributed by atoms with E-state index in [1.54, 1.807) is 11.8 Å². The molecule has 7 heteroatoms. The van der Waals surface area contributed by atoms with E-state index in [2.05, 4.69) is 22.2 Å². The summed E-state index contributed by atoms with van der Waals surface area (Å²) < 4.78 is 0. The Morgan fingerprint density at radius 3 is 2.74 bits per heavy atom. The van der Waals surface area contributed by atoms with Crippen molar-refractivity contribution in [3.63, 3.8) is 0 Å². The normalized spacial score (nSPS) is 28.4. The van der Waals surface area contributed by atoms with Crippen molar-refractivity contribution in [2.24, 2.45) is 17.6 Å². The van der Waals surface area contributed by atoms with Crippen LogP contribution in [0.5, 0.6) is 0 Å². The number of fused-ring (bicyclic) bond motifs is 3. The number of nitrogens with two attached hydrogens (primary N) is 1. The highest BCUT2D eigenvalue weighted by Gasteiger charge is 2.39. The second kappa shape index (κ2) is 8.84. The molecule has 1 aromatic heterocycles. The van der Waals surface area contributed by atoms with Crippen LogP contribution in [-0.4, -0.2) is 33.7 Å². The number of nitrogens with zero attached hydrogens (tertiary/aromatic N) is 1. The topological polar surface area (TPSA) is 83.8 Å². The van der Waals surface area contributed by atoms with E-state index in [-0.39, 0.29) is 23.6 Å². The number of halogens is 1. The second-order valence-electron chi connectivity index (χ2n) is 7.87. The van der Waals surface area contributed by atoms with Gasteiger partial charge in [0.25, 0.3) is 0 Å². The van der Waals surface area contributed by atoms with Crippen LogP contribution in [0.15, 0.2) is 24.3 Å². The molecule has 4 rings (SSSR count). The van der Waals surface area contributed by atoms with E-state index in [0.717, 1.165) is 29.7 Å². The lowest BCUT2D eigenvalue weighted by Crippen LogP contribution is -2.54. The van der Waals surface area contributed by atoms with Crippen LogP contribution in [0.4, 0.5) is 0 Å². The van der Waals surface area contributed by atoms with Crippen molar-refractivity contribution in [1.29, 1.82) is 0 Å². The SMILES string of the molecule is CC(SCC(=O)NC1C2CCCC1CC(N)C2)c1nc2ccccc2[nH]1.Cl. The molecule has 3 atom stereocenters. The number of aromatic nitrogens is 2. The van der Waals surface area contributed by atoms with Crippen LogP contribution >= 0.6 is 24.2 Å². The van der Waals surface area contributed by atoms with Crippen LogP contribution in [-0.2, 0) is 4.79 Å². The quantitative estimate of drug-likeness (QED) is 0.702. The Morgan fingerprint density at radius 2 is 2.04 bits per heavy atom. The summed E-state index contributed by atoms with van der Waals surface area (Å²) in [5.74, 6) is 2.69. The molecule has 27 heavy (non-hydrogen) atoms. The highest BCUT2D eigenvalue weighted by Crippen LogP contribution is 2.39. The third-order valence-corrected chi connectivity index (χ3v) is 7.11. The van der Waals surface area contributed by atoms with Crippen LogP contribution in [0.2, 0.25) is 0 Å². The molecule has 2 aliphatic carbocycles. The standard InChI is InChI=1S/C20H28N4OS.ClH/c1-12(20-22-16-7-2-3-8-17(16)23-20)26-11-18(25)24-19-13-5-4-6-14(19)10-15(21)9-13;/h2-3,7-8,12-15,19H,4-6,9-11,21H2,1H3,(H,22,23)(H,24,25);1H. The molecule has 2 aliphatic rings. The van der Waals surface area contributed by atoms with Crippen LogP contribution < -0.4 is 11.1 Å². The molecule has 1 amide bonds. The summed E-state index contributed by atoms with van der Waals surface area (Å²) in [7, 11) is 0. The largest absolute Gasteiger partial charge is 0.352 e. The maximum absolute atomic E-state index is 12.5. The lowest BCUT2D eigenvalue weighted by atomic mass is 9.67. The lowest BCUT2D eigenvalue weighted by molar-refractivity contribution is -0.120. The number of aromatic amines is 1. The molecule has 4 N–H and O–H groups in total. The van der Waals surface area contributed by atoms with Gasteiger partial charge in [0.2, 0.25) is 5.91 Å². The van der Waals surface area contributed by atoms with Crippen molar-refractivity contribution in [2.45, 2.75) is 56.4 Å². The number of amides is 1. The number of thioether (sulfide) groups is 1. The van der Waals surface area contributed by atoms with Gasteiger partial charge in [-0.3, -0.25) is 4.79 Å². The number of imidazole rings is 1. The number of hydrogen-bond donors (Lipinski definition) is 3. The maximum atomic E-state index is 12.5. The molecule has 2 fully saturated rings. The average molecular weight is 409 g/mol. The number of carbonyl (C=O) groups is 1. The van der Waals surface area contributed by atoms with E-state index >= 15 is 0 Å². The Labute approximate surface area is 171 Å². The van der Waals surface area contributed by atoms with Gasteiger partial charge in [-0.25, -0.2) is 4.98 Å². The van der Waals surface area contributed by atoms with Gasteiger partial charge in [-0.05, 0) is 56.6 Å². The first kappa shape index (κ1) is 20.5. The number of benzene rings is 1. The van der Waals surface area contributed by atoms with Gasteiger partial charge in [0.1, 0.15) is 5.82 Å². The van der Waals surface area contributed by atoms with Gasteiger partial charge in [0, 0.05) is 12.1 Å². The molecule has 0 saturated heterocycles.